The second-order valence-corrected chi connectivity index (χ2v) is 6.26. The van der Waals surface area contributed by atoms with Gasteiger partial charge in [-0.25, -0.2) is 4.98 Å². The first-order chi connectivity index (χ1) is 10.8. The summed E-state index contributed by atoms with van der Waals surface area (Å²) in [6.45, 7) is 5.07. The van der Waals surface area contributed by atoms with E-state index in [9.17, 15) is 18.0 Å². The van der Waals surface area contributed by atoms with Crippen molar-refractivity contribution in [3.8, 4) is 0 Å². The third-order valence-corrected chi connectivity index (χ3v) is 3.94. The highest BCUT2D eigenvalue weighted by Crippen LogP contribution is 2.32. The van der Waals surface area contributed by atoms with Crippen LogP contribution in [0.1, 0.15) is 38.7 Å². The molecule has 4 nitrogen and oxygen atoms in total. The molecule has 1 amide bonds. The topological polar surface area (TPSA) is 45.2 Å². The molecular weight excluding hydrogens is 307 g/mol. The lowest BCUT2D eigenvalue weighted by Gasteiger charge is -2.33. The van der Waals surface area contributed by atoms with Gasteiger partial charge in [-0.15, -0.1) is 0 Å². The Hall–Kier alpha value is -1.79. The molecule has 0 radical (unpaired) electrons. The summed E-state index contributed by atoms with van der Waals surface area (Å²) in [7, 11) is 0. The zero-order chi connectivity index (χ0) is 17.0. The highest BCUT2D eigenvalue weighted by molar-refractivity contribution is 5.76. The third kappa shape index (κ3) is 5.11. The lowest BCUT2D eigenvalue weighted by molar-refractivity contribution is -0.137. The maximum absolute atomic E-state index is 12.8. The van der Waals surface area contributed by atoms with Crippen molar-refractivity contribution in [2.45, 2.75) is 45.3 Å². The van der Waals surface area contributed by atoms with Crippen molar-refractivity contribution in [2.75, 3.05) is 18.0 Å². The Morgan fingerprint density at radius 2 is 2.04 bits per heavy atom. The van der Waals surface area contributed by atoms with E-state index < -0.39 is 11.7 Å². The molecule has 0 aromatic carbocycles. The second kappa shape index (κ2) is 7.19. The molecule has 7 heteroatoms. The number of carbonyl (C=O) groups is 1. The van der Waals surface area contributed by atoms with Gasteiger partial charge in [-0.3, -0.25) is 4.79 Å². The number of halogens is 3. The van der Waals surface area contributed by atoms with Crippen LogP contribution < -0.4 is 10.2 Å². The Labute approximate surface area is 134 Å². The summed E-state index contributed by atoms with van der Waals surface area (Å²) in [5.41, 5.74) is -0.680. The molecule has 1 aromatic rings. The number of hydrogen-bond acceptors (Lipinski definition) is 3. The molecule has 1 aliphatic heterocycles. The van der Waals surface area contributed by atoms with Gasteiger partial charge in [0.05, 0.1) is 5.56 Å². The van der Waals surface area contributed by atoms with Crippen molar-refractivity contribution in [1.82, 2.24) is 10.3 Å². The first kappa shape index (κ1) is 17.6. The van der Waals surface area contributed by atoms with E-state index in [-0.39, 0.29) is 17.9 Å². The minimum absolute atomic E-state index is 0.0376. The van der Waals surface area contributed by atoms with E-state index in [2.05, 4.69) is 10.3 Å². The third-order valence-electron chi connectivity index (χ3n) is 3.94. The molecule has 1 N–H and O–H groups in total. The van der Waals surface area contributed by atoms with Gasteiger partial charge in [0.2, 0.25) is 5.91 Å². The number of hydrogen-bond donors (Lipinski definition) is 1. The van der Waals surface area contributed by atoms with E-state index in [1.54, 1.807) is 0 Å². The number of rotatable bonds is 4. The molecule has 0 saturated carbocycles. The van der Waals surface area contributed by atoms with Crippen LogP contribution in [-0.4, -0.2) is 30.0 Å². The summed E-state index contributed by atoms with van der Waals surface area (Å²) in [5.74, 6) is 0.663. The highest BCUT2D eigenvalue weighted by atomic mass is 19.4. The standard InChI is InChI=1S/C16H22F3N3O/c1-11(2)21-15(23)9-12-4-7-22(8-5-12)14-10-13(3-6-20-14)16(17,18)19/h3,6,10-12H,4-5,7-9H2,1-2H3,(H,21,23). The predicted octanol–water partition coefficient (Wildman–Crippen LogP) is 3.23. The molecule has 1 saturated heterocycles. The van der Waals surface area contributed by atoms with E-state index >= 15 is 0 Å². The smallest absolute Gasteiger partial charge is 0.357 e. The second-order valence-electron chi connectivity index (χ2n) is 6.26. The lowest BCUT2D eigenvalue weighted by atomic mass is 9.93. The fourth-order valence-corrected chi connectivity index (χ4v) is 2.78. The van der Waals surface area contributed by atoms with Crippen LogP contribution in [0, 0.1) is 5.92 Å². The van der Waals surface area contributed by atoms with E-state index in [1.165, 1.54) is 6.20 Å². The van der Waals surface area contributed by atoms with Crippen molar-refractivity contribution < 1.29 is 18.0 Å². The summed E-state index contributed by atoms with van der Waals surface area (Å²) in [5, 5.41) is 2.87. The van der Waals surface area contributed by atoms with Gasteiger partial charge in [0.1, 0.15) is 5.82 Å². The number of amides is 1. The summed E-state index contributed by atoms with van der Waals surface area (Å²) in [4.78, 5) is 17.7. The maximum atomic E-state index is 12.8. The highest BCUT2D eigenvalue weighted by Gasteiger charge is 2.31. The first-order valence-electron chi connectivity index (χ1n) is 7.83. The molecule has 0 aliphatic carbocycles. The number of anilines is 1. The fraction of sp³-hybridized carbons (Fsp3) is 0.625. The molecule has 1 aromatic heterocycles. The fourth-order valence-electron chi connectivity index (χ4n) is 2.78. The van der Waals surface area contributed by atoms with Crippen LogP contribution in [0.25, 0.3) is 0 Å². The number of piperidine rings is 1. The van der Waals surface area contributed by atoms with Crippen molar-refractivity contribution >= 4 is 11.7 Å². The lowest BCUT2D eigenvalue weighted by Crippen LogP contribution is -2.37. The average molecular weight is 329 g/mol. The van der Waals surface area contributed by atoms with Gasteiger partial charge < -0.3 is 10.2 Å². The van der Waals surface area contributed by atoms with Crippen molar-refractivity contribution in [1.29, 1.82) is 0 Å². The Morgan fingerprint density at radius 3 is 2.61 bits per heavy atom. The number of nitrogens with one attached hydrogen (secondary N) is 1. The van der Waals surface area contributed by atoms with Gasteiger partial charge in [-0.05, 0) is 44.7 Å². The van der Waals surface area contributed by atoms with Crippen LogP contribution in [0.4, 0.5) is 19.0 Å². The summed E-state index contributed by atoms with van der Waals surface area (Å²) in [6, 6.07) is 2.19. The Balaban J connectivity index is 1.91. The average Bonchev–Trinajstić information content (AvgIpc) is 2.46. The molecule has 0 unspecified atom stereocenters. The molecule has 1 aliphatic rings. The van der Waals surface area contributed by atoms with Crippen molar-refractivity contribution in [3.05, 3.63) is 23.9 Å². The quantitative estimate of drug-likeness (QED) is 0.922. The molecule has 23 heavy (non-hydrogen) atoms. The largest absolute Gasteiger partial charge is 0.416 e. The van der Waals surface area contributed by atoms with Crippen LogP contribution in [0.5, 0.6) is 0 Å². The predicted molar refractivity (Wildman–Crippen MR) is 82.1 cm³/mol. The first-order valence-corrected chi connectivity index (χ1v) is 7.83. The summed E-state index contributed by atoms with van der Waals surface area (Å²) >= 11 is 0. The number of pyridine rings is 1. The van der Waals surface area contributed by atoms with Crippen LogP contribution in [0.15, 0.2) is 18.3 Å². The van der Waals surface area contributed by atoms with Crippen molar-refractivity contribution in [3.63, 3.8) is 0 Å². The SMILES string of the molecule is CC(C)NC(=O)CC1CCN(c2cc(C(F)(F)F)ccn2)CC1. The zero-order valence-electron chi connectivity index (χ0n) is 13.4. The van der Waals surface area contributed by atoms with Gasteiger partial charge >= 0.3 is 6.18 Å². The van der Waals surface area contributed by atoms with E-state index in [1.807, 2.05) is 18.7 Å². The number of nitrogens with zero attached hydrogens (tertiary/aromatic N) is 2. The molecule has 2 rings (SSSR count). The maximum Gasteiger partial charge on any atom is 0.416 e. The van der Waals surface area contributed by atoms with Crippen LogP contribution >= 0.6 is 0 Å². The minimum Gasteiger partial charge on any atom is -0.357 e. The van der Waals surface area contributed by atoms with E-state index in [0.29, 0.717) is 25.3 Å². The molecule has 0 bridgehead atoms. The minimum atomic E-state index is -4.36. The summed E-state index contributed by atoms with van der Waals surface area (Å²) in [6.07, 6.45) is -1.12. The van der Waals surface area contributed by atoms with Gasteiger partial charge in [0.25, 0.3) is 0 Å². The Kier molecular flexibility index (Phi) is 5.49. The van der Waals surface area contributed by atoms with Crippen LogP contribution in [-0.2, 0) is 11.0 Å². The van der Waals surface area contributed by atoms with Crippen LogP contribution in [0.2, 0.25) is 0 Å². The summed E-state index contributed by atoms with van der Waals surface area (Å²) < 4.78 is 38.3. The van der Waals surface area contributed by atoms with Gasteiger partial charge in [-0.1, -0.05) is 0 Å². The molecule has 128 valence electrons. The van der Waals surface area contributed by atoms with Gasteiger partial charge in [0, 0.05) is 31.7 Å². The molecule has 1 fully saturated rings. The zero-order valence-corrected chi connectivity index (χ0v) is 13.4. The number of aromatic nitrogens is 1. The Morgan fingerprint density at radius 1 is 1.39 bits per heavy atom. The molecular formula is C16H22F3N3O. The molecule has 2 heterocycles. The Bertz CT molecular complexity index is 538. The van der Waals surface area contributed by atoms with Crippen molar-refractivity contribution in [2.24, 2.45) is 5.92 Å². The van der Waals surface area contributed by atoms with E-state index in [4.69, 9.17) is 0 Å². The van der Waals surface area contributed by atoms with E-state index in [0.717, 1.165) is 25.0 Å². The molecule has 0 spiro atoms. The normalized spacial score (nSPS) is 16.7. The van der Waals surface area contributed by atoms with Gasteiger partial charge in [0.15, 0.2) is 0 Å². The molecule has 0 atom stereocenters. The number of carbonyl (C=O) groups excluding carboxylic acids is 1. The number of alkyl halides is 3. The van der Waals surface area contributed by atoms with Crippen LogP contribution in [0.3, 0.4) is 0 Å². The monoisotopic (exact) mass is 329 g/mol. The van der Waals surface area contributed by atoms with Gasteiger partial charge in [-0.2, -0.15) is 13.2 Å².